The molecule has 2 unspecified atom stereocenters. The van der Waals surface area contributed by atoms with Gasteiger partial charge in [-0.25, -0.2) is 21.6 Å². The van der Waals surface area contributed by atoms with Crippen molar-refractivity contribution in [2.24, 2.45) is 0 Å². The third kappa shape index (κ3) is 4.40. The molecule has 0 saturated carbocycles. The van der Waals surface area contributed by atoms with Crippen molar-refractivity contribution in [3.63, 3.8) is 0 Å². The average Bonchev–Trinajstić information content (AvgIpc) is 3.20. The molecule has 29 heavy (non-hydrogen) atoms. The summed E-state index contributed by atoms with van der Waals surface area (Å²) in [6.45, 7) is -1.21. The van der Waals surface area contributed by atoms with E-state index >= 15 is 0 Å². The fourth-order valence-electron chi connectivity index (χ4n) is 3.36. The van der Waals surface area contributed by atoms with Gasteiger partial charge in [-0.15, -0.1) is 0 Å². The quantitative estimate of drug-likeness (QED) is 0.588. The van der Waals surface area contributed by atoms with Crippen LogP contribution < -0.4 is 5.32 Å². The lowest BCUT2D eigenvalue weighted by Gasteiger charge is -2.23. The Morgan fingerprint density at radius 3 is 2.69 bits per heavy atom. The molecule has 0 radical (unpaired) electrons. The number of anilines is 1. The van der Waals surface area contributed by atoms with Crippen molar-refractivity contribution in [3.05, 3.63) is 59.2 Å². The van der Waals surface area contributed by atoms with Crippen LogP contribution in [0.1, 0.15) is 30.2 Å². The SMILES string of the molecule is O=S(=O)(c1cccc(C(O)Nc2cc(F)c(F)c(CF)c2)c1)N1CCCC1CO. The van der Waals surface area contributed by atoms with Gasteiger partial charge in [0.15, 0.2) is 17.9 Å². The molecular weight excluding hydrogens is 409 g/mol. The predicted octanol–water partition coefficient (Wildman–Crippen LogP) is 2.68. The van der Waals surface area contributed by atoms with E-state index in [1.54, 1.807) is 0 Å². The highest BCUT2D eigenvalue weighted by Gasteiger charge is 2.35. The van der Waals surface area contributed by atoms with Gasteiger partial charge in [0.25, 0.3) is 0 Å². The number of rotatable bonds is 7. The summed E-state index contributed by atoms with van der Waals surface area (Å²) in [5.41, 5.74) is -0.394. The second-order valence-electron chi connectivity index (χ2n) is 6.78. The van der Waals surface area contributed by atoms with E-state index in [0.29, 0.717) is 19.4 Å². The fourth-order valence-corrected chi connectivity index (χ4v) is 5.10. The Morgan fingerprint density at radius 2 is 2.00 bits per heavy atom. The van der Waals surface area contributed by atoms with Crippen LogP contribution in [-0.2, 0) is 16.7 Å². The van der Waals surface area contributed by atoms with Crippen LogP contribution in [0.25, 0.3) is 0 Å². The van der Waals surface area contributed by atoms with Gasteiger partial charge >= 0.3 is 0 Å². The van der Waals surface area contributed by atoms with Crippen LogP contribution in [0.5, 0.6) is 0 Å². The van der Waals surface area contributed by atoms with Crippen LogP contribution in [0, 0.1) is 11.6 Å². The van der Waals surface area contributed by atoms with Crippen LogP contribution >= 0.6 is 0 Å². The van der Waals surface area contributed by atoms with Crippen LogP contribution in [0.2, 0.25) is 0 Å². The third-order valence-electron chi connectivity index (χ3n) is 4.87. The van der Waals surface area contributed by atoms with Gasteiger partial charge in [0.05, 0.1) is 11.5 Å². The summed E-state index contributed by atoms with van der Waals surface area (Å²) in [6.07, 6.45) is -0.247. The first-order chi connectivity index (χ1) is 13.8. The molecule has 158 valence electrons. The molecular formula is C19H21F3N2O4S. The number of nitrogens with one attached hydrogen (secondary N) is 1. The first-order valence-electron chi connectivity index (χ1n) is 8.99. The van der Waals surface area contributed by atoms with Crippen molar-refractivity contribution >= 4 is 15.7 Å². The Kier molecular flexibility index (Phi) is 6.47. The molecule has 2 atom stereocenters. The molecule has 10 heteroatoms. The first-order valence-corrected chi connectivity index (χ1v) is 10.4. The lowest BCUT2D eigenvalue weighted by molar-refractivity contribution is 0.207. The summed E-state index contributed by atoms with van der Waals surface area (Å²) in [6, 6.07) is 6.84. The molecule has 6 nitrogen and oxygen atoms in total. The standard InChI is InChI=1S/C19H21F3N2O4S/c20-10-13-7-14(9-17(21)18(13)22)23-19(26)12-3-1-5-16(8-12)29(27,28)24-6-2-4-15(24)11-25/h1,3,5,7-9,15,19,23,25-26H,2,4,6,10-11H2. The van der Waals surface area contributed by atoms with Gasteiger partial charge in [0.1, 0.15) is 6.67 Å². The Labute approximate surface area is 166 Å². The van der Waals surface area contributed by atoms with Crippen molar-refractivity contribution in [3.8, 4) is 0 Å². The molecule has 1 aliphatic rings. The van der Waals surface area contributed by atoms with E-state index in [2.05, 4.69) is 5.32 Å². The van der Waals surface area contributed by atoms with Gasteiger partial charge < -0.3 is 15.5 Å². The first kappa shape index (κ1) is 21.6. The van der Waals surface area contributed by atoms with Gasteiger partial charge in [-0.3, -0.25) is 0 Å². The zero-order valence-corrected chi connectivity index (χ0v) is 16.2. The van der Waals surface area contributed by atoms with E-state index in [4.69, 9.17) is 0 Å². The van der Waals surface area contributed by atoms with Gasteiger partial charge in [-0.05, 0) is 31.0 Å². The van der Waals surface area contributed by atoms with Crippen LogP contribution in [0.3, 0.4) is 0 Å². The van der Waals surface area contributed by atoms with Gasteiger partial charge in [0, 0.05) is 35.5 Å². The van der Waals surface area contributed by atoms with Crippen molar-refractivity contribution < 1.29 is 31.8 Å². The topological polar surface area (TPSA) is 89.9 Å². The Morgan fingerprint density at radius 1 is 1.24 bits per heavy atom. The lowest BCUT2D eigenvalue weighted by atomic mass is 10.1. The molecule has 0 amide bonds. The fraction of sp³-hybridized carbons (Fsp3) is 0.368. The van der Waals surface area contributed by atoms with Crippen LogP contribution in [-0.4, -0.2) is 42.1 Å². The molecule has 0 aliphatic carbocycles. The van der Waals surface area contributed by atoms with Gasteiger partial charge in [-0.2, -0.15) is 4.31 Å². The average molecular weight is 430 g/mol. The Bertz CT molecular complexity index is 987. The highest BCUT2D eigenvalue weighted by molar-refractivity contribution is 7.89. The lowest BCUT2D eigenvalue weighted by Crippen LogP contribution is -2.37. The minimum Gasteiger partial charge on any atom is -0.395 e. The Hall–Kier alpha value is -2.14. The molecule has 1 fully saturated rings. The zero-order valence-electron chi connectivity index (χ0n) is 15.4. The molecule has 0 spiro atoms. The number of aliphatic hydroxyl groups is 2. The summed E-state index contributed by atoms with van der Waals surface area (Å²) in [5, 5.41) is 22.3. The predicted molar refractivity (Wildman–Crippen MR) is 100 cm³/mol. The zero-order chi connectivity index (χ0) is 21.2. The van der Waals surface area contributed by atoms with E-state index in [1.165, 1.54) is 28.6 Å². The number of sulfonamides is 1. The molecule has 0 bridgehead atoms. The Balaban J connectivity index is 1.85. The van der Waals surface area contributed by atoms with Crippen molar-refractivity contribution in [2.45, 2.75) is 36.7 Å². The summed E-state index contributed by atoms with van der Waals surface area (Å²) >= 11 is 0. The minimum absolute atomic E-state index is 0.0582. The summed E-state index contributed by atoms with van der Waals surface area (Å²) < 4.78 is 66.8. The van der Waals surface area contributed by atoms with Gasteiger partial charge in [-0.1, -0.05) is 12.1 Å². The van der Waals surface area contributed by atoms with E-state index < -0.39 is 46.2 Å². The second kappa shape index (κ2) is 8.70. The molecule has 1 saturated heterocycles. The monoisotopic (exact) mass is 430 g/mol. The number of halogens is 3. The molecule has 3 N–H and O–H groups in total. The number of nitrogens with zero attached hydrogens (tertiary/aromatic N) is 1. The number of aliphatic hydroxyl groups excluding tert-OH is 2. The summed E-state index contributed by atoms with van der Waals surface area (Å²) in [4.78, 5) is -0.0640. The molecule has 0 aromatic heterocycles. The third-order valence-corrected chi connectivity index (χ3v) is 6.81. The van der Waals surface area contributed by atoms with E-state index in [9.17, 15) is 31.8 Å². The van der Waals surface area contributed by atoms with Crippen LogP contribution in [0.15, 0.2) is 41.3 Å². The van der Waals surface area contributed by atoms with Crippen molar-refractivity contribution in [1.29, 1.82) is 0 Å². The number of benzene rings is 2. The highest BCUT2D eigenvalue weighted by Crippen LogP contribution is 2.28. The molecule has 2 aromatic rings. The summed E-state index contributed by atoms with van der Waals surface area (Å²) in [7, 11) is -3.88. The highest BCUT2D eigenvalue weighted by atomic mass is 32.2. The normalized spacial score (nSPS) is 18.7. The molecule has 1 aliphatic heterocycles. The van der Waals surface area contributed by atoms with E-state index in [0.717, 1.165) is 12.1 Å². The number of alkyl halides is 1. The maximum Gasteiger partial charge on any atom is 0.243 e. The summed E-state index contributed by atoms with van der Waals surface area (Å²) in [5.74, 6) is -2.57. The molecule has 1 heterocycles. The second-order valence-corrected chi connectivity index (χ2v) is 8.67. The molecule has 2 aromatic carbocycles. The minimum atomic E-state index is -3.88. The van der Waals surface area contributed by atoms with E-state index in [-0.39, 0.29) is 22.8 Å². The smallest absolute Gasteiger partial charge is 0.243 e. The van der Waals surface area contributed by atoms with Crippen molar-refractivity contribution in [2.75, 3.05) is 18.5 Å². The van der Waals surface area contributed by atoms with Crippen LogP contribution in [0.4, 0.5) is 18.9 Å². The van der Waals surface area contributed by atoms with Crippen molar-refractivity contribution in [1.82, 2.24) is 4.31 Å². The number of hydrogen-bond donors (Lipinski definition) is 3. The number of hydrogen-bond acceptors (Lipinski definition) is 5. The molecule has 3 rings (SSSR count). The largest absolute Gasteiger partial charge is 0.395 e. The maximum absolute atomic E-state index is 13.6. The van der Waals surface area contributed by atoms with Gasteiger partial charge in [0.2, 0.25) is 10.0 Å². The maximum atomic E-state index is 13.6. The van der Waals surface area contributed by atoms with E-state index in [1.807, 2.05) is 0 Å².